The summed E-state index contributed by atoms with van der Waals surface area (Å²) in [6.07, 6.45) is 8.88. The van der Waals surface area contributed by atoms with Crippen LogP contribution in [0.15, 0.2) is 96.4 Å². The molecule has 8 rings (SSSR count). The monoisotopic (exact) mass is 667 g/mol. The Morgan fingerprint density at radius 3 is 2.62 bits per heavy atom. The first-order valence-corrected chi connectivity index (χ1v) is 16.6. The van der Waals surface area contributed by atoms with E-state index in [2.05, 4.69) is 25.4 Å². The number of carbonyl (C=O) groups excluding carboxylic acids is 1. The molecule has 4 aromatic heterocycles. The van der Waals surface area contributed by atoms with E-state index >= 15 is 4.39 Å². The number of aromatic amines is 1. The van der Waals surface area contributed by atoms with Gasteiger partial charge in [-0.2, -0.15) is 5.10 Å². The van der Waals surface area contributed by atoms with E-state index < -0.39 is 5.82 Å². The number of hydrogen-bond donors (Lipinski definition) is 2. The first kappa shape index (κ1) is 31.3. The normalized spacial score (nSPS) is 13.7. The second-order valence-electron chi connectivity index (χ2n) is 12.7. The second-order valence-corrected chi connectivity index (χ2v) is 12.7. The van der Waals surface area contributed by atoms with Crippen molar-refractivity contribution in [1.29, 1.82) is 0 Å². The molecule has 2 N–H and O–H groups in total. The van der Waals surface area contributed by atoms with Crippen molar-refractivity contribution in [2.45, 2.75) is 32.2 Å². The van der Waals surface area contributed by atoms with E-state index in [4.69, 9.17) is 4.74 Å². The third-order valence-electron chi connectivity index (χ3n) is 9.68. The van der Waals surface area contributed by atoms with Gasteiger partial charge in [0, 0.05) is 48.1 Å². The van der Waals surface area contributed by atoms with Crippen LogP contribution in [-0.4, -0.2) is 48.2 Å². The molecule has 10 nitrogen and oxygen atoms in total. The predicted molar refractivity (Wildman–Crippen MR) is 190 cm³/mol. The Morgan fingerprint density at radius 1 is 1.00 bits per heavy atom. The van der Waals surface area contributed by atoms with Crippen molar-refractivity contribution in [3.8, 4) is 33.9 Å². The largest absolute Gasteiger partial charge is 0.435 e. The molecule has 250 valence electrons. The number of fused-ring (bicyclic) bond motifs is 2. The van der Waals surface area contributed by atoms with Crippen LogP contribution in [0, 0.1) is 12.7 Å². The summed E-state index contributed by atoms with van der Waals surface area (Å²) >= 11 is 0. The summed E-state index contributed by atoms with van der Waals surface area (Å²) in [7, 11) is 1.84. The van der Waals surface area contributed by atoms with Crippen LogP contribution < -0.4 is 15.5 Å². The third kappa shape index (κ3) is 5.65. The number of carbonyl (C=O) groups is 1. The zero-order valence-corrected chi connectivity index (χ0v) is 27.6. The van der Waals surface area contributed by atoms with Gasteiger partial charge in [-0.25, -0.2) is 14.4 Å². The zero-order chi connectivity index (χ0) is 34.4. The highest BCUT2D eigenvalue weighted by Crippen LogP contribution is 2.36. The van der Waals surface area contributed by atoms with Gasteiger partial charge in [0.25, 0.3) is 0 Å². The number of halogens is 1. The molecule has 7 aromatic rings. The number of H-pyrrole nitrogens is 1. The van der Waals surface area contributed by atoms with E-state index in [9.17, 15) is 9.59 Å². The molecule has 3 aromatic carbocycles. The average molecular weight is 668 g/mol. The van der Waals surface area contributed by atoms with Gasteiger partial charge in [-0.1, -0.05) is 42.5 Å². The van der Waals surface area contributed by atoms with Crippen molar-refractivity contribution < 1.29 is 13.9 Å². The van der Waals surface area contributed by atoms with E-state index in [-0.39, 0.29) is 34.8 Å². The van der Waals surface area contributed by atoms with Gasteiger partial charge >= 0.3 is 0 Å². The lowest BCUT2D eigenvalue weighted by Crippen LogP contribution is -2.29. The number of aryl methyl sites for hydroxylation is 1. The highest BCUT2D eigenvalue weighted by molar-refractivity contribution is 6.02. The van der Waals surface area contributed by atoms with Crippen LogP contribution in [0.1, 0.15) is 40.5 Å². The number of ether oxygens (including phenoxy) is 1. The number of ketones is 1. The summed E-state index contributed by atoms with van der Waals surface area (Å²) in [5, 5.41) is 9.06. The molecule has 0 amide bonds. The van der Waals surface area contributed by atoms with Gasteiger partial charge in [-0.3, -0.25) is 14.3 Å². The molecule has 0 radical (unpaired) electrons. The minimum Gasteiger partial charge on any atom is -0.435 e. The van der Waals surface area contributed by atoms with Gasteiger partial charge in [0.1, 0.15) is 12.0 Å². The summed E-state index contributed by atoms with van der Waals surface area (Å²) in [6, 6.07) is 20.1. The number of Topliss-reactive ketones (excluding diaryl/α,β-unsaturated/α-hetero) is 1. The summed E-state index contributed by atoms with van der Waals surface area (Å²) in [5.41, 5.74) is 5.52. The molecule has 0 atom stereocenters. The van der Waals surface area contributed by atoms with E-state index in [0.29, 0.717) is 33.7 Å². The Labute approximate surface area is 286 Å². The molecule has 0 aliphatic carbocycles. The fraction of sp³-hybridized carbons (Fsp3) is 0.205. The maximum absolute atomic E-state index is 15.5. The van der Waals surface area contributed by atoms with E-state index in [0.717, 1.165) is 53.7 Å². The highest BCUT2D eigenvalue weighted by atomic mass is 19.1. The van der Waals surface area contributed by atoms with E-state index in [1.165, 1.54) is 18.5 Å². The van der Waals surface area contributed by atoms with Gasteiger partial charge in [-0.15, -0.1) is 0 Å². The maximum atomic E-state index is 15.5. The fourth-order valence-electron chi connectivity index (χ4n) is 6.90. The number of benzene rings is 3. The molecule has 0 saturated carbocycles. The third-order valence-corrected chi connectivity index (χ3v) is 9.68. The van der Waals surface area contributed by atoms with E-state index in [1.54, 1.807) is 13.0 Å². The lowest BCUT2D eigenvalue weighted by molar-refractivity contribution is 0.0990. The van der Waals surface area contributed by atoms with Crippen LogP contribution in [-0.2, 0) is 13.5 Å². The summed E-state index contributed by atoms with van der Waals surface area (Å²) < 4.78 is 25.4. The number of hydrogen-bond acceptors (Lipinski definition) is 7. The first-order valence-electron chi connectivity index (χ1n) is 16.6. The number of rotatable bonds is 8. The summed E-state index contributed by atoms with van der Waals surface area (Å²) in [5.74, 6) is -0.891. The topological polar surface area (TPSA) is 120 Å². The SMILES string of the molecule is Cc1c(C(=O)Cc2ccc(Oc3ncnc4[nH]cc(-c5ccccc5)c34)c(F)c2)c(=O)c2cc(-c3cnn(C4CCNCC4)c3)ccc2n1C. The molecular formula is C39H34FN7O3. The van der Waals surface area contributed by atoms with Gasteiger partial charge in [0.15, 0.2) is 22.8 Å². The second kappa shape index (κ2) is 12.8. The van der Waals surface area contributed by atoms with Crippen molar-refractivity contribution in [2.24, 2.45) is 7.05 Å². The molecule has 5 heterocycles. The van der Waals surface area contributed by atoms with Crippen LogP contribution in [0.2, 0.25) is 0 Å². The quantitative estimate of drug-likeness (QED) is 0.169. The van der Waals surface area contributed by atoms with Gasteiger partial charge in [-0.05, 0) is 73.8 Å². The minimum absolute atomic E-state index is 0.0461. The van der Waals surface area contributed by atoms with Crippen LogP contribution >= 0.6 is 0 Å². The van der Waals surface area contributed by atoms with Gasteiger partial charge in [0.05, 0.1) is 28.7 Å². The van der Waals surface area contributed by atoms with Gasteiger partial charge in [0.2, 0.25) is 5.88 Å². The van der Waals surface area contributed by atoms with Crippen molar-refractivity contribution in [3.05, 3.63) is 125 Å². The first-order chi connectivity index (χ1) is 24.4. The number of nitrogens with one attached hydrogen (secondary N) is 2. The molecule has 1 fully saturated rings. The highest BCUT2D eigenvalue weighted by Gasteiger charge is 2.22. The standard InChI is InChI=1S/C39H34FN7O3/c1-23-35(37(49)29-18-26(9-10-32(29)46(23)2)27-19-45-47(21-27)28-12-14-41-15-13-28)33(48)17-24-8-11-34(31(40)16-24)50-39-36-30(25-6-4-3-5-7-25)20-42-38(36)43-22-44-39/h3-11,16,18-22,28,41H,12-15,17H2,1-2H3,(H,42,43,44). The van der Waals surface area contributed by atoms with Crippen LogP contribution in [0.25, 0.3) is 44.2 Å². The Morgan fingerprint density at radius 2 is 1.82 bits per heavy atom. The molecule has 50 heavy (non-hydrogen) atoms. The molecule has 0 unspecified atom stereocenters. The molecular weight excluding hydrogens is 633 g/mol. The van der Waals surface area contributed by atoms with Crippen molar-refractivity contribution in [3.63, 3.8) is 0 Å². The smallest absolute Gasteiger partial charge is 0.232 e. The number of piperidine rings is 1. The fourth-order valence-corrected chi connectivity index (χ4v) is 6.90. The summed E-state index contributed by atoms with van der Waals surface area (Å²) in [6.45, 7) is 3.68. The van der Waals surface area contributed by atoms with Crippen molar-refractivity contribution in [2.75, 3.05) is 13.1 Å². The Balaban J connectivity index is 1.06. The number of pyridine rings is 1. The average Bonchev–Trinajstić information content (AvgIpc) is 3.82. The van der Waals surface area contributed by atoms with Crippen molar-refractivity contribution in [1.82, 2.24) is 34.6 Å². The van der Waals surface area contributed by atoms with Crippen molar-refractivity contribution >= 4 is 27.7 Å². The molecule has 1 aliphatic heterocycles. The Kier molecular flexibility index (Phi) is 8.04. The Hall–Kier alpha value is -5.94. The minimum atomic E-state index is -0.656. The molecule has 0 spiro atoms. The molecule has 1 aliphatic rings. The molecule has 0 bridgehead atoms. The van der Waals surface area contributed by atoms with Crippen LogP contribution in [0.5, 0.6) is 11.6 Å². The lowest BCUT2D eigenvalue weighted by Gasteiger charge is -2.22. The predicted octanol–water partition coefficient (Wildman–Crippen LogP) is 6.93. The number of nitrogens with zero attached hydrogens (tertiary/aromatic N) is 5. The molecule has 1 saturated heterocycles. The van der Waals surface area contributed by atoms with E-state index in [1.807, 2.05) is 83.4 Å². The van der Waals surface area contributed by atoms with Crippen LogP contribution in [0.4, 0.5) is 4.39 Å². The maximum Gasteiger partial charge on any atom is 0.232 e. The zero-order valence-electron chi connectivity index (χ0n) is 27.6. The molecule has 11 heteroatoms. The number of aromatic nitrogens is 6. The van der Waals surface area contributed by atoms with Crippen LogP contribution in [0.3, 0.4) is 0 Å². The van der Waals surface area contributed by atoms with Gasteiger partial charge < -0.3 is 19.6 Å². The lowest BCUT2D eigenvalue weighted by atomic mass is 9.97. The summed E-state index contributed by atoms with van der Waals surface area (Å²) in [4.78, 5) is 39.4. The Bertz CT molecular complexity index is 2460.